The van der Waals surface area contributed by atoms with E-state index in [1.807, 2.05) is 17.5 Å². The van der Waals surface area contributed by atoms with Gasteiger partial charge in [-0.25, -0.2) is 0 Å². The molecule has 4 rings (SSSR count). The van der Waals surface area contributed by atoms with Gasteiger partial charge in [-0.1, -0.05) is 6.07 Å². The summed E-state index contributed by atoms with van der Waals surface area (Å²) in [5, 5.41) is 9.73. The highest BCUT2D eigenvalue weighted by atomic mass is 32.1. The third-order valence-electron chi connectivity index (χ3n) is 4.88. The molecule has 0 saturated heterocycles. The molecular formula is C18H24N4OS. The normalized spacial score (nSPS) is 20.8. The van der Waals surface area contributed by atoms with Crippen molar-refractivity contribution in [2.24, 2.45) is 5.92 Å². The molecule has 1 unspecified atom stereocenters. The number of fused-ring (bicyclic) bond motifs is 1. The maximum atomic E-state index is 11.9. The van der Waals surface area contributed by atoms with Crippen molar-refractivity contribution in [1.29, 1.82) is 0 Å². The smallest absolute Gasteiger partial charge is 0.220 e. The summed E-state index contributed by atoms with van der Waals surface area (Å²) < 4.78 is 2.15. The van der Waals surface area contributed by atoms with Gasteiger partial charge in [0.25, 0.3) is 0 Å². The number of aromatic nitrogens is 2. The topological polar surface area (TPSA) is 50.2 Å². The van der Waals surface area contributed by atoms with Crippen LogP contribution in [0.4, 0.5) is 0 Å². The number of hydrogen-bond donors (Lipinski definition) is 1. The van der Waals surface area contributed by atoms with E-state index in [0.29, 0.717) is 18.4 Å². The molecule has 1 N–H and O–H groups in total. The Labute approximate surface area is 146 Å². The van der Waals surface area contributed by atoms with Crippen LogP contribution in [-0.2, 0) is 17.9 Å². The van der Waals surface area contributed by atoms with Crippen LogP contribution in [0.3, 0.4) is 0 Å². The highest BCUT2D eigenvalue weighted by Crippen LogP contribution is 2.32. The highest BCUT2D eigenvalue weighted by Gasteiger charge is 2.27. The van der Waals surface area contributed by atoms with Crippen LogP contribution < -0.4 is 5.32 Å². The summed E-state index contributed by atoms with van der Waals surface area (Å²) in [7, 11) is 0. The van der Waals surface area contributed by atoms with Gasteiger partial charge in [-0.15, -0.1) is 11.3 Å². The Bertz CT molecular complexity index is 677. The van der Waals surface area contributed by atoms with E-state index in [1.165, 1.54) is 23.4 Å². The average molecular weight is 344 g/mol. The van der Waals surface area contributed by atoms with Crippen molar-refractivity contribution >= 4 is 17.2 Å². The molecule has 0 aromatic carbocycles. The molecule has 0 bridgehead atoms. The molecule has 0 spiro atoms. The van der Waals surface area contributed by atoms with Crippen LogP contribution in [0.1, 0.15) is 42.3 Å². The van der Waals surface area contributed by atoms with E-state index in [1.54, 1.807) is 0 Å². The van der Waals surface area contributed by atoms with Crippen LogP contribution in [0.15, 0.2) is 29.8 Å². The summed E-state index contributed by atoms with van der Waals surface area (Å²) in [6.07, 6.45) is 5.99. The maximum Gasteiger partial charge on any atom is 0.220 e. The van der Waals surface area contributed by atoms with Crippen LogP contribution in [-0.4, -0.2) is 33.7 Å². The molecule has 1 amide bonds. The van der Waals surface area contributed by atoms with Crippen molar-refractivity contribution < 1.29 is 4.79 Å². The van der Waals surface area contributed by atoms with E-state index in [4.69, 9.17) is 0 Å². The Balaban J connectivity index is 1.33. The number of rotatable bonds is 7. The van der Waals surface area contributed by atoms with Crippen molar-refractivity contribution in [3.8, 4) is 0 Å². The number of nitrogens with one attached hydrogen (secondary N) is 1. The SMILES string of the molecule is O=C(CC1CC1)NCCC1CN(Cc2cccs2)Cc2ccnn21. The standard InChI is InChI=1S/C18H24N4OS/c23-18(10-14-3-4-14)19-7-5-15-11-21(13-17-2-1-9-24-17)12-16-6-8-20-22(15)16/h1-2,6,8-9,14-15H,3-5,7,10-13H2,(H,19,23). The zero-order valence-corrected chi connectivity index (χ0v) is 14.7. The first-order valence-electron chi connectivity index (χ1n) is 8.82. The van der Waals surface area contributed by atoms with Gasteiger partial charge in [-0.3, -0.25) is 14.4 Å². The van der Waals surface area contributed by atoms with Crippen molar-refractivity contribution in [3.63, 3.8) is 0 Å². The van der Waals surface area contributed by atoms with Gasteiger partial charge in [0.15, 0.2) is 0 Å². The van der Waals surface area contributed by atoms with Crippen LogP contribution in [0, 0.1) is 5.92 Å². The van der Waals surface area contributed by atoms with Gasteiger partial charge in [0.1, 0.15) is 0 Å². The van der Waals surface area contributed by atoms with E-state index < -0.39 is 0 Å². The fourth-order valence-corrected chi connectivity index (χ4v) is 4.20. The molecule has 1 saturated carbocycles. The monoisotopic (exact) mass is 344 g/mol. The first-order valence-corrected chi connectivity index (χ1v) is 9.70. The van der Waals surface area contributed by atoms with E-state index in [-0.39, 0.29) is 5.91 Å². The Morgan fingerprint density at radius 3 is 3.08 bits per heavy atom. The lowest BCUT2D eigenvalue weighted by Crippen LogP contribution is -2.38. The first-order chi connectivity index (χ1) is 11.8. The molecule has 1 fully saturated rings. The lowest BCUT2D eigenvalue weighted by atomic mass is 10.1. The van der Waals surface area contributed by atoms with Gasteiger partial charge in [0.05, 0.1) is 11.7 Å². The number of amides is 1. The van der Waals surface area contributed by atoms with Gasteiger partial charge in [-0.2, -0.15) is 5.10 Å². The zero-order valence-electron chi connectivity index (χ0n) is 13.9. The van der Waals surface area contributed by atoms with Gasteiger partial charge in [0.2, 0.25) is 5.91 Å². The molecule has 1 atom stereocenters. The van der Waals surface area contributed by atoms with Crippen LogP contribution >= 0.6 is 11.3 Å². The van der Waals surface area contributed by atoms with Gasteiger partial charge >= 0.3 is 0 Å². The maximum absolute atomic E-state index is 11.9. The van der Waals surface area contributed by atoms with Crippen molar-refractivity contribution in [2.45, 2.75) is 44.8 Å². The summed E-state index contributed by atoms with van der Waals surface area (Å²) in [5.74, 6) is 0.864. The first kappa shape index (κ1) is 15.8. The Hall–Kier alpha value is -1.66. The van der Waals surface area contributed by atoms with Crippen molar-refractivity contribution in [3.05, 3.63) is 40.3 Å². The zero-order chi connectivity index (χ0) is 16.4. The largest absolute Gasteiger partial charge is 0.356 e. The predicted octanol–water partition coefficient (Wildman–Crippen LogP) is 2.81. The van der Waals surface area contributed by atoms with Gasteiger partial charge < -0.3 is 5.32 Å². The predicted molar refractivity (Wildman–Crippen MR) is 94.7 cm³/mol. The molecule has 2 aliphatic rings. The summed E-state index contributed by atoms with van der Waals surface area (Å²) in [5.41, 5.74) is 1.27. The van der Waals surface area contributed by atoms with E-state index in [2.05, 4.69) is 43.6 Å². The molecule has 1 aliphatic carbocycles. The number of thiophene rings is 1. The molecule has 3 heterocycles. The molecule has 2 aromatic heterocycles. The van der Waals surface area contributed by atoms with Gasteiger partial charge in [-0.05, 0) is 42.7 Å². The summed E-state index contributed by atoms with van der Waals surface area (Å²) in [4.78, 5) is 15.8. The van der Waals surface area contributed by atoms with E-state index >= 15 is 0 Å². The van der Waals surface area contributed by atoms with Crippen molar-refractivity contribution in [1.82, 2.24) is 20.0 Å². The Kier molecular flexibility index (Phi) is 4.67. The lowest BCUT2D eigenvalue weighted by Gasteiger charge is -2.33. The van der Waals surface area contributed by atoms with Crippen LogP contribution in [0.2, 0.25) is 0 Å². The summed E-state index contributed by atoms with van der Waals surface area (Å²) >= 11 is 1.81. The molecule has 24 heavy (non-hydrogen) atoms. The second-order valence-electron chi connectivity index (χ2n) is 6.96. The van der Waals surface area contributed by atoms with Gasteiger partial charge in [0, 0.05) is 43.7 Å². The van der Waals surface area contributed by atoms with E-state index in [9.17, 15) is 4.79 Å². The van der Waals surface area contributed by atoms with E-state index in [0.717, 1.165) is 32.6 Å². The molecule has 0 radical (unpaired) electrons. The number of carbonyl (C=O) groups is 1. The molecule has 128 valence electrons. The number of nitrogens with zero attached hydrogens (tertiary/aromatic N) is 3. The average Bonchev–Trinajstić information content (AvgIpc) is 3.03. The molecule has 1 aliphatic heterocycles. The second kappa shape index (κ2) is 7.07. The molecular weight excluding hydrogens is 320 g/mol. The highest BCUT2D eigenvalue weighted by molar-refractivity contribution is 7.09. The lowest BCUT2D eigenvalue weighted by molar-refractivity contribution is -0.121. The summed E-state index contributed by atoms with van der Waals surface area (Å²) in [6.45, 7) is 3.67. The van der Waals surface area contributed by atoms with Crippen LogP contribution in [0.5, 0.6) is 0 Å². The quantitative estimate of drug-likeness (QED) is 0.840. The van der Waals surface area contributed by atoms with Crippen LogP contribution in [0.25, 0.3) is 0 Å². The van der Waals surface area contributed by atoms with Crippen molar-refractivity contribution in [2.75, 3.05) is 13.1 Å². The fraction of sp³-hybridized carbons (Fsp3) is 0.556. The molecule has 2 aromatic rings. The summed E-state index contributed by atoms with van der Waals surface area (Å²) in [6, 6.07) is 6.76. The minimum atomic E-state index is 0.212. The fourth-order valence-electron chi connectivity index (χ4n) is 3.46. The number of hydrogen-bond acceptors (Lipinski definition) is 4. The second-order valence-corrected chi connectivity index (χ2v) is 7.99. The minimum Gasteiger partial charge on any atom is -0.356 e. The Morgan fingerprint density at radius 1 is 1.38 bits per heavy atom. The third kappa shape index (κ3) is 3.87. The Morgan fingerprint density at radius 2 is 2.29 bits per heavy atom. The minimum absolute atomic E-state index is 0.212. The molecule has 5 nitrogen and oxygen atoms in total. The third-order valence-corrected chi connectivity index (χ3v) is 5.74. The number of carbonyl (C=O) groups excluding carboxylic acids is 1. The molecule has 6 heteroatoms.